The van der Waals surface area contributed by atoms with Crippen LogP contribution in [0.15, 0.2) is 48.5 Å². The van der Waals surface area contributed by atoms with E-state index in [0.717, 1.165) is 36.5 Å². The molecule has 0 saturated heterocycles. The zero-order chi connectivity index (χ0) is 15.7. The fourth-order valence-corrected chi connectivity index (χ4v) is 2.86. The lowest BCUT2D eigenvalue weighted by molar-refractivity contribution is -0.137. The van der Waals surface area contributed by atoms with Gasteiger partial charge in [0.2, 0.25) is 0 Å². The molecule has 1 N–H and O–H groups in total. The van der Waals surface area contributed by atoms with Crippen molar-refractivity contribution in [1.29, 1.82) is 0 Å². The minimum absolute atomic E-state index is 0. The van der Waals surface area contributed by atoms with Crippen molar-refractivity contribution in [2.75, 3.05) is 18.5 Å². The van der Waals surface area contributed by atoms with E-state index < -0.39 is 11.7 Å². The van der Waals surface area contributed by atoms with Crippen molar-refractivity contribution in [3.05, 3.63) is 59.7 Å². The van der Waals surface area contributed by atoms with E-state index in [1.54, 1.807) is 0 Å². The Bertz CT molecular complexity index is 656. The van der Waals surface area contributed by atoms with Gasteiger partial charge in [-0.2, -0.15) is 13.2 Å². The summed E-state index contributed by atoms with van der Waals surface area (Å²) in [6.45, 7) is 0.735. The zero-order valence-corrected chi connectivity index (χ0v) is 13.4. The highest BCUT2D eigenvalue weighted by Gasteiger charge is 2.31. The quantitative estimate of drug-likeness (QED) is 0.869. The second-order valence-electron chi connectivity index (χ2n) is 5.47. The number of hydrogen-bond donors (Lipinski definition) is 1. The van der Waals surface area contributed by atoms with E-state index in [1.165, 1.54) is 17.7 Å². The number of halogens is 4. The van der Waals surface area contributed by atoms with Gasteiger partial charge in [-0.1, -0.05) is 18.2 Å². The van der Waals surface area contributed by atoms with Gasteiger partial charge in [-0.15, -0.1) is 12.4 Å². The summed E-state index contributed by atoms with van der Waals surface area (Å²) in [7, 11) is 1.91. The molecule has 23 heavy (non-hydrogen) atoms. The smallest absolute Gasteiger partial charge is 0.340 e. The Morgan fingerprint density at radius 1 is 1.04 bits per heavy atom. The normalized spacial score (nSPS) is 17.4. The Labute approximate surface area is 139 Å². The Morgan fingerprint density at radius 3 is 2.30 bits per heavy atom. The summed E-state index contributed by atoms with van der Waals surface area (Å²) in [6, 6.07) is 13.7. The average molecular weight is 343 g/mol. The van der Waals surface area contributed by atoms with Gasteiger partial charge in [0.1, 0.15) is 0 Å². The van der Waals surface area contributed by atoms with Crippen molar-refractivity contribution in [1.82, 2.24) is 5.32 Å². The molecule has 1 atom stereocenters. The van der Waals surface area contributed by atoms with Crippen LogP contribution >= 0.6 is 12.4 Å². The van der Waals surface area contributed by atoms with Crippen LogP contribution < -0.4 is 10.2 Å². The summed E-state index contributed by atoms with van der Waals surface area (Å²) in [5, 5.41) is 3.26. The molecule has 0 fully saturated rings. The summed E-state index contributed by atoms with van der Waals surface area (Å²) in [5.41, 5.74) is 2.42. The summed E-state index contributed by atoms with van der Waals surface area (Å²) in [4.78, 5) is 2.07. The molecule has 0 amide bonds. The number of nitrogens with zero attached hydrogens (tertiary/aromatic N) is 1. The number of benzene rings is 2. The highest BCUT2D eigenvalue weighted by atomic mass is 35.5. The molecule has 0 bridgehead atoms. The lowest BCUT2D eigenvalue weighted by atomic mass is 9.97. The Hall–Kier alpha value is -1.72. The summed E-state index contributed by atoms with van der Waals surface area (Å²) >= 11 is 0. The monoisotopic (exact) mass is 342 g/mol. The third kappa shape index (κ3) is 3.62. The molecule has 124 valence electrons. The van der Waals surface area contributed by atoms with Gasteiger partial charge in [0.05, 0.1) is 5.56 Å². The molecular weight excluding hydrogens is 325 g/mol. The Morgan fingerprint density at radius 2 is 1.70 bits per heavy atom. The standard InChI is InChI=1S/C17H17F3N2.ClH/c1-21-14-10-12-4-2-3-5-16(12)22(11-14)15-8-6-13(7-9-15)17(18,19)20;/h2-9,14,21H,10-11H2,1H3;1H. The van der Waals surface area contributed by atoms with E-state index >= 15 is 0 Å². The lowest BCUT2D eigenvalue weighted by Crippen LogP contribution is -2.42. The number of para-hydroxylation sites is 1. The highest BCUT2D eigenvalue weighted by molar-refractivity contribution is 5.85. The van der Waals surface area contributed by atoms with Crippen LogP contribution in [0.2, 0.25) is 0 Å². The molecule has 1 unspecified atom stereocenters. The molecule has 0 saturated carbocycles. The van der Waals surface area contributed by atoms with E-state index in [-0.39, 0.29) is 18.4 Å². The van der Waals surface area contributed by atoms with Crippen LogP contribution in [0.5, 0.6) is 0 Å². The third-order valence-electron chi connectivity index (χ3n) is 4.07. The van der Waals surface area contributed by atoms with Crippen molar-refractivity contribution < 1.29 is 13.2 Å². The minimum atomic E-state index is -4.30. The highest BCUT2D eigenvalue weighted by Crippen LogP contribution is 2.35. The van der Waals surface area contributed by atoms with Gasteiger partial charge in [0, 0.05) is 24.0 Å². The Kier molecular flexibility index (Phi) is 5.22. The molecule has 3 rings (SSSR count). The van der Waals surface area contributed by atoms with E-state index in [1.807, 2.05) is 25.2 Å². The summed E-state index contributed by atoms with van der Waals surface area (Å²) < 4.78 is 38.1. The van der Waals surface area contributed by atoms with Crippen molar-refractivity contribution >= 4 is 23.8 Å². The number of fused-ring (bicyclic) bond motifs is 1. The second-order valence-corrected chi connectivity index (χ2v) is 5.47. The second kappa shape index (κ2) is 6.81. The minimum Gasteiger partial charge on any atom is -0.340 e. The topological polar surface area (TPSA) is 15.3 Å². The van der Waals surface area contributed by atoms with Crippen LogP contribution in [-0.2, 0) is 12.6 Å². The van der Waals surface area contributed by atoms with Gasteiger partial charge in [0.15, 0.2) is 0 Å². The maximum Gasteiger partial charge on any atom is 0.416 e. The predicted molar refractivity (Wildman–Crippen MR) is 88.7 cm³/mol. The van der Waals surface area contributed by atoms with Crippen molar-refractivity contribution in [3.63, 3.8) is 0 Å². The van der Waals surface area contributed by atoms with E-state index in [4.69, 9.17) is 0 Å². The van der Waals surface area contributed by atoms with Crippen LogP contribution in [0, 0.1) is 0 Å². The van der Waals surface area contributed by atoms with Crippen LogP contribution in [0.4, 0.5) is 24.5 Å². The number of anilines is 2. The number of nitrogens with one attached hydrogen (secondary N) is 1. The lowest BCUT2D eigenvalue weighted by Gasteiger charge is -2.36. The first-order valence-corrected chi connectivity index (χ1v) is 7.19. The van der Waals surface area contributed by atoms with Crippen molar-refractivity contribution in [2.45, 2.75) is 18.6 Å². The summed E-state index contributed by atoms with van der Waals surface area (Å²) in [5.74, 6) is 0. The molecular formula is C17H18ClF3N2. The molecule has 2 nitrogen and oxygen atoms in total. The largest absolute Gasteiger partial charge is 0.416 e. The summed E-state index contributed by atoms with van der Waals surface area (Å²) in [6.07, 6.45) is -3.38. The zero-order valence-electron chi connectivity index (χ0n) is 12.6. The number of likely N-dealkylation sites (N-methyl/N-ethyl adjacent to an activating group) is 1. The molecule has 1 heterocycles. The first-order valence-electron chi connectivity index (χ1n) is 7.19. The molecule has 6 heteroatoms. The Balaban J connectivity index is 0.00000192. The molecule has 1 aliphatic rings. The van der Waals surface area contributed by atoms with E-state index in [9.17, 15) is 13.2 Å². The molecule has 0 radical (unpaired) electrons. The van der Waals surface area contributed by atoms with E-state index in [2.05, 4.69) is 16.3 Å². The van der Waals surface area contributed by atoms with Gasteiger partial charge in [-0.3, -0.25) is 0 Å². The maximum absolute atomic E-state index is 12.7. The van der Waals surface area contributed by atoms with Crippen LogP contribution in [0.3, 0.4) is 0 Å². The molecule has 1 aliphatic heterocycles. The number of rotatable bonds is 2. The van der Waals surface area contributed by atoms with Crippen LogP contribution in [0.1, 0.15) is 11.1 Å². The molecule has 0 aromatic heterocycles. The van der Waals surface area contributed by atoms with E-state index in [0.29, 0.717) is 0 Å². The predicted octanol–water partition coefficient (Wildman–Crippen LogP) is 4.41. The number of hydrogen-bond acceptors (Lipinski definition) is 2. The molecule has 0 aliphatic carbocycles. The fraction of sp³-hybridized carbons (Fsp3) is 0.294. The fourth-order valence-electron chi connectivity index (χ4n) is 2.86. The first kappa shape index (κ1) is 17.6. The molecule has 2 aromatic carbocycles. The molecule has 2 aromatic rings. The van der Waals surface area contributed by atoms with Crippen molar-refractivity contribution in [2.24, 2.45) is 0 Å². The molecule has 0 spiro atoms. The van der Waals surface area contributed by atoms with Crippen LogP contribution in [0.25, 0.3) is 0 Å². The maximum atomic E-state index is 12.7. The number of alkyl halides is 3. The van der Waals surface area contributed by atoms with Gasteiger partial charge in [-0.25, -0.2) is 0 Å². The van der Waals surface area contributed by atoms with Gasteiger partial charge in [-0.05, 0) is 49.4 Å². The van der Waals surface area contributed by atoms with Crippen LogP contribution in [-0.4, -0.2) is 19.6 Å². The average Bonchev–Trinajstić information content (AvgIpc) is 2.53. The van der Waals surface area contributed by atoms with Gasteiger partial charge in [0.25, 0.3) is 0 Å². The van der Waals surface area contributed by atoms with Crippen molar-refractivity contribution in [3.8, 4) is 0 Å². The third-order valence-corrected chi connectivity index (χ3v) is 4.07. The van der Waals surface area contributed by atoms with Gasteiger partial charge < -0.3 is 10.2 Å². The van der Waals surface area contributed by atoms with Gasteiger partial charge >= 0.3 is 6.18 Å². The SMILES string of the molecule is CNC1Cc2ccccc2N(c2ccc(C(F)(F)F)cc2)C1.Cl. The first-order chi connectivity index (χ1) is 10.5.